The second-order valence-electron chi connectivity index (χ2n) is 12.7. The highest BCUT2D eigenvalue weighted by atomic mass is 32.2. The summed E-state index contributed by atoms with van der Waals surface area (Å²) in [6, 6.07) is 13.1. The third-order valence-corrected chi connectivity index (χ3v) is 10.4. The molecule has 8 rings (SSSR count). The molecule has 6 aromatic rings. The monoisotopic (exact) mass is 676 g/mol. The molecule has 250 valence electrons. The van der Waals surface area contributed by atoms with Crippen molar-refractivity contribution in [3.63, 3.8) is 0 Å². The number of benzene rings is 2. The number of pyridine rings is 1. The third-order valence-electron chi connectivity index (χ3n) is 9.65. The molecule has 11 heteroatoms. The molecule has 1 N–H and O–H groups in total. The number of fused-ring (bicyclic) bond motifs is 6. The fourth-order valence-corrected chi connectivity index (χ4v) is 7.31. The lowest BCUT2D eigenvalue weighted by molar-refractivity contribution is 0.0330. The highest BCUT2D eigenvalue weighted by molar-refractivity contribution is 7.99. The molecule has 1 saturated heterocycles. The largest absolute Gasteiger partial charge is 0.455 e. The average molecular weight is 677 g/mol. The van der Waals surface area contributed by atoms with Crippen LogP contribution in [0.15, 0.2) is 71.3 Å². The quantitative estimate of drug-likeness (QED) is 0.174. The summed E-state index contributed by atoms with van der Waals surface area (Å²) in [5.74, 6) is 1.32. The summed E-state index contributed by atoms with van der Waals surface area (Å²) >= 11 is 1.56. The summed E-state index contributed by atoms with van der Waals surface area (Å²) in [5, 5.41) is 4.93. The molecule has 2 aromatic carbocycles. The van der Waals surface area contributed by atoms with Gasteiger partial charge in [0.1, 0.15) is 23.0 Å². The first-order valence-electron chi connectivity index (χ1n) is 16.5. The predicted molar refractivity (Wildman–Crippen MR) is 195 cm³/mol. The van der Waals surface area contributed by atoms with Crippen molar-refractivity contribution in [2.45, 2.75) is 19.9 Å². The maximum absolute atomic E-state index is 15.2. The van der Waals surface area contributed by atoms with E-state index in [0.717, 1.165) is 64.1 Å². The van der Waals surface area contributed by atoms with Crippen molar-refractivity contribution in [3.05, 3.63) is 89.9 Å². The number of amides is 1. The molecule has 1 aliphatic heterocycles. The summed E-state index contributed by atoms with van der Waals surface area (Å²) in [6.45, 7) is 5.73. The number of carbonyl (C=O) groups is 1. The minimum absolute atomic E-state index is 0.217. The van der Waals surface area contributed by atoms with Crippen LogP contribution in [0.2, 0.25) is 0 Å². The highest BCUT2D eigenvalue weighted by Gasteiger charge is 2.26. The number of allylic oxidation sites excluding steroid dienone is 4. The summed E-state index contributed by atoms with van der Waals surface area (Å²) in [6.07, 6.45) is 11.0. The lowest BCUT2D eigenvalue weighted by Crippen LogP contribution is -2.36. The standard InChI is InChI=1S/C38H37FN6O3S/c1-22-8-10-23(11-9-22)37-36(38(46)40-2)27-16-25(32(43(3)49-4)19-34(27)48-37)29-17-26-30(20-41-29)42-35(21-44-12-14-47-15-13-44)45-31-7-5-6-28(39)24(31)18-33(26)45/h5-8,10-11,16-20,22H,9,12-15,21H2,1-4H3,(H,40,46). The average Bonchev–Trinajstić information content (AvgIpc) is 3.71. The van der Waals surface area contributed by atoms with E-state index in [2.05, 4.69) is 38.0 Å². The smallest absolute Gasteiger partial charge is 0.255 e. The van der Waals surface area contributed by atoms with Crippen molar-refractivity contribution in [2.24, 2.45) is 5.92 Å². The van der Waals surface area contributed by atoms with Crippen molar-refractivity contribution < 1.29 is 18.3 Å². The summed E-state index contributed by atoms with van der Waals surface area (Å²) in [4.78, 5) is 25.8. The molecule has 0 radical (unpaired) electrons. The third kappa shape index (κ3) is 5.46. The molecular weight excluding hydrogens is 640 g/mol. The Morgan fingerprint density at radius 1 is 1.12 bits per heavy atom. The number of aromatic nitrogens is 3. The number of hydrogen-bond acceptors (Lipinski definition) is 8. The van der Waals surface area contributed by atoms with Crippen LogP contribution >= 0.6 is 11.9 Å². The van der Waals surface area contributed by atoms with Crippen LogP contribution in [0.1, 0.15) is 35.3 Å². The number of nitrogens with one attached hydrogen (secondary N) is 1. The van der Waals surface area contributed by atoms with E-state index in [4.69, 9.17) is 19.1 Å². The number of furan rings is 1. The Kier molecular flexibility index (Phi) is 8.13. The Labute approximate surface area is 287 Å². The van der Waals surface area contributed by atoms with E-state index in [1.807, 2.05) is 49.7 Å². The van der Waals surface area contributed by atoms with E-state index in [0.29, 0.717) is 59.0 Å². The Morgan fingerprint density at radius 2 is 1.96 bits per heavy atom. The van der Waals surface area contributed by atoms with Gasteiger partial charge in [0.15, 0.2) is 0 Å². The van der Waals surface area contributed by atoms with Gasteiger partial charge in [-0.25, -0.2) is 9.37 Å². The van der Waals surface area contributed by atoms with Crippen LogP contribution in [-0.4, -0.2) is 71.8 Å². The van der Waals surface area contributed by atoms with E-state index in [1.54, 1.807) is 31.3 Å². The molecule has 5 heterocycles. The van der Waals surface area contributed by atoms with Gasteiger partial charge in [-0.15, -0.1) is 0 Å². The molecular formula is C38H37FN6O3S. The molecule has 9 nitrogen and oxygen atoms in total. The number of halogens is 1. The van der Waals surface area contributed by atoms with Crippen molar-refractivity contribution >= 4 is 67.4 Å². The number of morpholine rings is 1. The molecule has 4 aromatic heterocycles. The van der Waals surface area contributed by atoms with E-state index >= 15 is 4.39 Å². The fourth-order valence-electron chi connectivity index (χ4n) is 6.96. The minimum Gasteiger partial charge on any atom is -0.455 e. The van der Waals surface area contributed by atoms with Crippen LogP contribution in [-0.2, 0) is 11.3 Å². The molecule has 49 heavy (non-hydrogen) atoms. The molecule has 1 amide bonds. The normalized spacial score (nSPS) is 17.0. The second kappa shape index (κ2) is 12.6. The zero-order chi connectivity index (χ0) is 33.8. The van der Waals surface area contributed by atoms with Gasteiger partial charge in [-0.2, -0.15) is 0 Å². The summed E-state index contributed by atoms with van der Waals surface area (Å²) in [7, 11) is 3.63. The molecule has 1 aliphatic carbocycles. The highest BCUT2D eigenvalue weighted by Crippen LogP contribution is 2.42. The second-order valence-corrected chi connectivity index (χ2v) is 13.6. The fraction of sp³-hybridized carbons (Fsp3) is 0.289. The maximum atomic E-state index is 15.2. The first-order chi connectivity index (χ1) is 23.8. The molecule has 0 saturated carbocycles. The minimum atomic E-state index is -0.273. The van der Waals surface area contributed by atoms with Gasteiger partial charge in [-0.3, -0.25) is 19.1 Å². The van der Waals surface area contributed by atoms with E-state index in [9.17, 15) is 4.79 Å². The van der Waals surface area contributed by atoms with Crippen LogP contribution in [0.25, 0.3) is 55.1 Å². The van der Waals surface area contributed by atoms with E-state index < -0.39 is 0 Å². The van der Waals surface area contributed by atoms with Gasteiger partial charge in [0.2, 0.25) is 0 Å². The van der Waals surface area contributed by atoms with Crippen molar-refractivity contribution in [1.82, 2.24) is 24.6 Å². The molecule has 0 spiro atoms. The Hall–Kier alpha value is -4.71. The summed E-state index contributed by atoms with van der Waals surface area (Å²) in [5.41, 5.74) is 6.80. The molecule has 1 atom stereocenters. The van der Waals surface area contributed by atoms with Gasteiger partial charge >= 0.3 is 0 Å². The van der Waals surface area contributed by atoms with Gasteiger partial charge in [-0.05, 0) is 42.7 Å². The number of rotatable bonds is 7. The molecule has 0 bridgehead atoms. The maximum Gasteiger partial charge on any atom is 0.255 e. The zero-order valence-electron chi connectivity index (χ0n) is 27.9. The number of anilines is 1. The van der Waals surface area contributed by atoms with Crippen LogP contribution in [0.4, 0.5) is 10.1 Å². The van der Waals surface area contributed by atoms with Gasteiger partial charge in [0.25, 0.3) is 5.91 Å². The first-order valence-corrected chi connectivity index (χ1v) is 17.7. The van der Waals surface area contributed by atoms with E-state index in [1.165, 1.54) is 6.07 Å². The predicted octanol–water partition coefficient (Wildman–Crippen LogP) is 7.47. The van der Waals surface area contributed by atoms with Crippen molar-refractivity contribution in [2.75, 3.05) is 51.0 Å². The van der Waals surface area contributed by atoms with Gasteiger partial charge < -0.3 is 18.8 Å². The number of nitrogens with zero attached hydrogens (tertiary/aromatic N) is 5. The zero-order valence-corrected chi connectivity index (χ0v) is 28.7. The molecule has 2 aliphatic rings. The number of carbonyl (C=O) groups excluding carboxylic acids is 1. The lowest BCUT2D eigenvalue weighted by atomic mass is 9.94. The van der Waals surface area contributed by atoms with Gasteiger partial charge in [0, 0.05) is 66.8 Å². The van der Waals surface area contributed by atoms with Crippen LogP contribution in [0.5, 0.6) is 0 Å². The Bertz CT molecular complexity index is 2340. The topological polar surface area (TPSA) is 88.1 Å². The van der Waals surface area contributed by atoms with Gasteiger partial charge in [0.05, 0.1) is 59.5 Å². The summed E-state index contributed by atoms with van der Waals surface area (Å²) < 4.78 is 31.4. The SMILES string of the molecule is CNC(=O)c1c(C2=CCC(C)C=C2)oc2cc(N(C)SC)c(-c3cc4c(cn3)nc(CN3CCOCC3)n3c5cccc(F)c5cc43)cc12. The van der Waals surface area contributed by atoms with Crippen LogP contribution in [0.3, 0.4) is 0 Å². The Balaban J connectivity index is 1.35. The number of hydrogen-bond donors (Lipinski definition) is 1. The van der Waals surface area contributed by atoms with Crippen LogP contribution in [0, 0.1) is 11.7 Å². The Morgan fingerprint density at radius 3 is 2.71 bits per heavy atom. The van der Waals surface area contributed by atoms with Crippen molar-refractivity contribution in [3.8, 4) is 11.3 Å². The van der Waals surface area contributed by atoms with E-state index in [-0.39, 0.29) is 11.7 Å². The van der Waals surface area contributed by atoms with Crippen LogP contribution < -0.4 is 9.62 Å². The number of ether oxygens (including phenoxy) is 1. The molecule has 1 fully saturated rings. The molecule has 1 unspecified atom stereocenters. The van der Waals surface area contributed by atoms with Gasteiger partial charge in [-0.1, -0.05) is 43.2 Å². The lowest BCUT2D eigenvalue weighted by Gasteiger charge is -2.26. The first kappa shape index (κ1) is 31.6. The van der Waals surface area contributed by atoms with Crippen molar-refractivity contribution in [1.29, 1.82) is 0 Å².